The molecule has 10 heteroatoms. The van der Waals surface area contributed by atoms with Crippen LogP contribution in [0.15, 0.2) is 30.3 Å². The molecule has 0 spiro atoms. The van der Waals surface area contributed by atoms with Crippen LogP contribution in [0.4, 0.5) is 20.5 Å². The van der Waals surface area contributed by atoms with E-state index in [9.17, 15) is 8.78 Å². The Morgan fingerprint density at radius 1 is 1.05 bits per heavy atom. The van der Waals surface area contributed by atoms with E-state index in [0.29, 0.717) is 73.3 Å². The van der Waals surface area contributed by atoms with Gasteiger partial charge in [0.05, 0.1) is 36.5 Å². The number of benzene rings is 1. The van der Waals surface area contributed by atoms with Gasteiger partial charge >= 0.3 is 0 Å². The summed E-state index contributed by atoms with van der Waals surface area (Å²) in [4.78, 5) is 15.8. The van der Waals surface area contributed by atoms with Crippen molar-refractivity contribution >= 4 is 22.8 Å². The number of rotatable bonds is 10. The molecule has 1 N–H and O–H groups in total. The molecule has 226 valence electrons. The van der Waals surface area contributed by atoms with Crippen LogP contribution in [0.1, 0.15) is 71.5 Å². The Labute approximate surface area is 247 Å². The van der Waals surface area contributed by atoms with E-state index in [1.165, 1.54) is 4.57 Å². The first-order valence-corrected chi connectivity index (χ1v) is 15.3. The van der Waals surface area contributed by atoms with Crippen molar-refractivity contribution in [3.05, 3.63) is 36.2 Å². The molecule has 0 saturated carbocycles. The normalized spacial score (nSPS) is 21.8. The van der Waals surface area contributed by atoms with Gasteiger partial charge in [0.15, 0.2) is 5.82 Å². The number of nitrogens with one attached hydrogen (secondary N) is 1. The van der Waals surface area contributed by atoms with Crippen LogP contribution in [0.5, 0.6) is 0 Å². The highest BCUT2D eigenvalue weighted by molar-refractivity contribution is 5.78. The van der Waals surface area contributed by atoms with Crippen molar-refractivity contribution in [1.82, 2.24) is 19.5 Å². The van der Waals surface area contributed by atoms with Crippen molar-refractivity contribution in [2.24, 2.45) is 11.8 Å². The maximum atomic E-state index is 14.2. The molecule has 0 radical (unpaired) electrons. The van der Waals surface area contributed by atoms with Gasteiger partial charge in [-0.3, -0.25) is 4.57 Å². The molecule has 2 saturated heterocycles. The Bertz CT molecular complexity index is 1370. The summed E-state index contributed by atoms with van der Waals surface area (Å²) < 4.78 is 41.1. The van der Waals surface area contributed by atoms with Gasteiger partial charge in [-0.2, -0.15) is 9.97 Å². The molecule has 2 aromatic heterocycles. The lowest BCUT2D eigenvalue weighted by Gasteiger charge is -2.29. The molecule has 0 bridgehead atoms. The number of halogens is 2. The van der Waals surface area contributed by atoms with E-state index in [1.807, 2.05) is 11.0 Å². The van der Waals surface area contributed by atoms with E-state index in [4.69, 9.17) is 19.4 Å². The second kappa shape index (κ2) is 14.3. The van der Waals surface area contributed by atoms with Crippen molar-refractivity contribution in [1.29, 1.82) is 0 Å². The van der Waals surface area contributed by atoms with Crippen molar-refractivity contribution in [2.45, 2.75) is 77.9 Å². The van der Waals surface area contributed by atoms with Crippen LogP contribution in [-0.4, -0.2) is 64.6 Å². The van der Waals surface area contributed by atoms with Crippen LogP contribution in [0.25, 0.3) is 16.9 Å². The van der Waals surface area contributed by atoms with Crippen molar-refractivity contribution < 1.29 is 18.3 Å². The third-order valence-corrected chi connectivity index (χ3v) is 7.96. The van der Waals surface area contributed by atoms with Crippen molar-refractivity contribution in [3.63, 3.8) is 0 Å². The molecule has 2 aliphatic rings. The molecule has 0 aliphatic carbocycles. The van der Waals surface area contributed by atoms with Gasteiger partial charge in [0, 0.05) is 38.0 Å². The standard InChI is InChI=1S/C32H42F2N6O2/c1-4-9-24(10-5-6-11-25-18-22(2)42-23(3)19-25)21-35-28-20-29(38-32(37-28)39-14-16-41-17-15-39)40-27-13-8-7-12-26(27)36-31(40)30(33)34/h7-8,12-13,20,22-25,30H,4-5,9-10,14-19,21H2,1-3H3,(H,35,37,38)/t22-,23+,24?,25?. The molecular weight excluding hydrogens is 538 g/mol. The van der Waals surface area contributed by atoms with Crippen LogP contribution >= 0.6 is 0 Å². The van der Waals surface area contributed by atoms with Gasteiger partial charge in [-0.1, -0.05) is 31.4 Å². The number of hydrogen-bond acceptors (Lipinski definition) is 7. The third kappa shape index (κ3) is 7.56. The third-order valence-electron chi connectivity index (χ3n) is 7.96. The highest BCUT2D eigenvalue weighted by Crippen LogP contribution is 2.29. The van der Waals surface area contributed by atoms with Gasteiger partial charge < -0.3 is 19.7 Å². The minimum Gasteiger partial charge on any atom is -0.378 e. The minimum absolute atomic E-state index is 0.266. The quantitative estimate of drug-likeness (QED) is 0.278. The molecule has 2 fully saturated rings. The van der Waals surface area contributed by atoms with Gasteiger partial charge in [0.1, 0.15) is 11.6 Å². The Morgan fingerprint density at radius 2 is 1.81 bits per heavy atom. The summed E-state index contributed by atoms with van der Waals surface area (Å²) in [6.45, 7) is 9.56. The van der Waals surface area contributed by atoms with E-state index in [1.54, 1.807) is 24.3 Å². The van der Waals surface area contributed by atoms with Gasteiger partial charge in [-0.15, -0.1) is 5.92 Å². The van der Waals surface area contributed by atoms with Crippen LogP contribution in [0.2, 0.25) is 0 Å². The van der Waals surface area contributed by atoms with E-state index in [-0.39, 0.29) is 18.0 Å². The topological polar surface area (TPSA) is 77.3 Å². The summed E-state index contributed by atoms with van der Waals surface area (Å²) in [6, 6.07) is 8.89. The highest BCUT2D eigenvalue weighted by atomic mass is 19.3. The Morgan fingerprint density at radius 3 is 2.55 bits per heavy atom. The maximum absolute atomic E-state index is 14.2. The fraction of sp³-hybridized carbons (Fsp3) is 0.594. The number of alkyl halides is 2. The summed E-state index contributed by atoms with van der Waals surface area (Å²) in [7, 11) is 0. The van der Waals surface area contributed by atoms with E-state index in [2.05, 4.69) is 42.9 Å². The number of imidazole rings is 1. The zero-order valence-electron chi connectivity index (χ0n) is 24.9. The first-order valence-electron chi connectivity index (χ1n) is 15.3. The molecule has 4 heterocycles. The lowest BCUT2D eigenvalue weighted by molar-refractivity contribution is -0.0419. The fourth-order valence-corrected chi connectivity index (χ4v) is 5.99. The Hall–Kier alpha value is -3.29. The van der Waals surface area contributed by atoms with Crippen LogP contribution in [-0.2, 0) is 9.47 Å². The number of para-hydroxylation sites is 2. The number of fused-ring (bicyclic) bond motifs is 1. The summed E-state index contributed by atoms with van der Waals surface area (Å²) in [5.41, 5.74) is 1.09. The lowest BCUT2D eigenvalue weighted by atomic mass is 9.92. The van der Waals surface area contributed by atoms with E-state index < -0.39 is 6.43 Å². The zero-order chi connectivity index (χ0) is 29.5. The predicted molar refractivity (Wildman–Crippen MR) is 161 cm³/mol. The minimum atomic E-state index is -2.75. The maximum Gasteiger partial charge on any atom is 0.296 e. The summed E-state index contributed by atoms with van der Waals surface area (Å²) in [5, 5.41) is 3.52. The molecule has 3 aromatic rings. The molecule has 8 nitrogen and oxygen atoms in total. The second-order valence-electron chi connectivity index (χ2n) is 11.4. The summed E-state index contributed by atoms with van der Waals surface area (Å²) in [6.07, 6.45) is 3.74. The molecule has 2 aliphatic heterocycles. The number of nitrogens with zero attached hydrogens (tertiary/aromatic N) is 5. The van der Waals surface area contributed by atoms with Gasteiger partial charge in [-0.25, -0.2) is 13.8 Å². The predicted octanol–water partition coefficient (Wildman–Crippen LogP) is 6.41. The van der Waals surface area contributed by atoms with E-state index in [0.717, 1.165) is 38.5 Å². The summed E-state index contributed by atoms with van der Waals surface area (Å²) in [5.74, 6) is 8.89. The molecule has 1 aromatic carbocycles. The largest absolute Gasteiger partial charge is 0.378 e. The fourth-order valence-electron chi connectivity index (χ4n) is 5.99. The van der Waals surface area contributed by atoms with Crippen molar-refractivity contribution in [3.8, 4) is 17.7 Å². The highest BCUT2D eigenvalue weighted by Gasteiger charge is 2.24. The number of aromatic nitrogens is 4. The zero-order valence-corrected chi connectivity index (χ0v) is 24.9. The number of ether oxygens (including phenoxy) is 2. The average Bonchev–Trinajstić information content (AvgIpc) is 3.38. The first kappa shape index (κ1) is 30.2. The molecule has 42 heavy (non-hydrogen) atoms. The Balaban J connectivity index is 1.35. The SMILES string of the molecule is CCCC(CCC#CC1C[C@@H](C)O[C@@H](C)C1)CNc1cc(-n2c(C(F)F)nc3ccccc32)nc(N2CCOCC2)n1. The second-order valence-corrected chi connectivity index (χ2v) is 11.4. The number of morpholine rings is 1. The van der Waals surface area contributed by atoms with Crippen LogP contribution < -0.4 is 10.2 Å². The average molecular weight is 581 g/mol. The van der Waals surface area contributed by atoms with Gasteiger partial charge in [0.25, 0.3) is 6.43 Å². The molecule has 0 amide bonds. The van der Waals surface area contributed by atoms with Gasteiger partial charge in [-0.05, 0) is 57.6 Å². The Kier molecular flexibility index (Phi) is 10.2. The first-order chi connectivity index (χ1) is 20.4. The summed E-state index contributed by atoms with van der Waals surface area (Å²) >= 11 is 0. The van der Waals surface area contributed by atoms with Gasteiger partial charge in [0.2, 0.25) is 5.95 Å². The monoisotopic (exact) mass is 580 g/mol. The van der Waals surface area contributed by atoms with E-state index >= 15 is 0 Å². The smallest absolute Gasteiger partial charge is 0.296 e. The molecule has 5 rings (SSSR count). The number of anilines is 2. The van der Waals surface area contributed by atoms with Crippen LogP contribution in [0, 0.1) is 23.7 Å². The molecule has 2 unspecified atom stereocenters. The molecular formula is C32H42F2N6O2. The van der Waals surface area contributed by atoms with Crippen molar-refractivity contribution in [2.75, 3.05) is 43.1 Å². The molecule has 4 atom stereocenters. The van der Waals surface area contributed by atoms with Crippen LogP contribution in [0.3, 0.4) is 0 Å². The number of hydrogen-bond donors (Lipinski definition) is 1. The lowest BCUT2D eigenvalue weighted by Crippen LogP contribution is -2.37.